The van der Waals surface area contributed by atoms with Crippen LogP contribution in [0.2, 0.25) is 0 Å². The van der Waals surface area contributed by atoms with E-state index in [0.29, 0.717) is 6.04 Å². The molecule has 3 heteroatoms. The standard InChI is InChI=1S/C17H24N2S/c1-11(2)14-6-4-5-7-15(14)19-13-8-9-16-17(10-13)20-12(3)18-16/h8-11,14-15,19H,4-7H2,1-3H3. The van der Waals surface area contributed by atoms with Crippen LogP contribution in [0.15, 0.2) is 18.2 Å². The van der Waals surface area contributed by atoms with E-state index in [0.717, 1.165) is 22.4 Å². The van der Waals surface area contributed by atoms with Gasteiger partial charge in [-0.25, -0.2) is 4.98 Å². The topological polar surface area (TPSA) is 24.9 Å². The van der Waals surface area contributed by atoms with Crippen LogP contribution >= 0.6 is 11.3 Å². The van der Waals surface area contributed by atoms with Crippen LogP contribution in [0.5, 0.6) is 0 Å². The van der Waals surface area contributed by atoms with Gasteiger partial charge in [0.2, 0.25) is 0 Å². The molecule has 2 nitrogen and oxygen atoms in total. The minimum atomic E-state index is 0.634. The van der Waals surface area contributed by atoms with Crippen LogP contribution in [0, 0.1) is 18.8 Å². The number of hydrogen-bond acceptors (Lipinski definition) is 3. The molecule has 108 valence electrons. The molecule has 1 N–H and O–H groups in total. The highest BCUT2D eigenvalue weighted by molar-refractivity contribution is 7.18. The van der Waals surface area contributed by atoms with Gasteiger partial charge in [0, 0.05) is 11.7 Å². The molecule has 1 heterocycles. The first-order valence-corrected chi connectivity index (χ1v) is 8.59. The zero-order chi connectivity index (χ0) is 14.1. The van der Waals surface area contributed by atoms with Crippen LogP contribution in [-0.4, -0.2) is 11.0 Å². The fourth-order valence-electron chi connectivity index (χ4n) is 3.48. The lowest BCUT2D eigenvalue weighted by atomic mass is 9.78. The smallest absolute Gasteiger partial charge is 0.0907 e. The molecule has 1 aliphatic carbocycles. The lowest BCUT2D eigenvalue weighted by Crippen LogP contribution is -2.35. The number of fused-ring (bicyclic) bond motifs is 1. The first-order chi connectivity index (χ1) is 9.63. The number of nitrogens with one attached hydrogen (secondary N) is 1. The van der Waals surface area contributed by atoms with Crippen molar-refractivity contribution in [3.8, 4) is 0 Å². The predicted octanol–water partition coefficient (Wildman–Crippen LogP) is 5.23. The Morgan fingerprint density at radius 2 is 2.05 bits per heavy atom. The maximum absolute atomic E-state index is 4.53. The molecule has 1 aromatic heterocycles. The molecule has 1 fully saturated rings. The van der Waals surface area contributed by atoms with E-state index in [2.05, 4.69) is 49.3 Å². The number of hydrogen-bond donors (Lipinski definition) is 1. The largest absolute Gasteiger partial charge is 0.382 e. The van der Waals surface area contributed by atoms with Crippen molar-refractivity contribution in [3.05, 3.63) is 23.2 Å². The van der Waals surface area contributed by atoms with E-state index >= 15 is 0 Å². The molecule has 1 saturated carbocycles. The van der Waals surface area contributed by atoms with Crippen molar-refractivity contribution in [2.24, 2.45) is 11.8 Å². The summed E-state index contributed by atoms with van der Waals surface area (Å²) in [5.74, 6) is 1.57. The lowest BCUT2D eigenvalue weighted by Gasteiger charge is -2.35. The van der Waals surface area contributed by atoms with Crippen LogP contribution in [0.1, 0.15) is 44.5 Å². The Kier molecular flexibility index (Phi) is 3.97. The molecule has 0 radical (unpaired) electrons. The monoisotopic (exact) mass is 288 g/mol. The first-order valence-electron chi connectivity index (χ1n) is 7.77. The van der Waals surface area contributed by atoms with Crippen LogP contribution in [0.3, 0.4) is 0 Å². The molecular weight excluding hydrogens is 264 g/mol. The fraction of sp³-hybridized carbons (Fsp3) is 0.588. The van der Waals surface area contributed by atoms with Gasteiger partial charge in [-0.1, -0.05) is 26.7 Å². The first kappa shape index (κ1) is 13.9. The number of benzene rings is 1. The van der Waals surface area contributed by atoms with Gasteiger partial charge in [-0.05, 0) is 49.8 Å². The van der Waals surface area contributed by atoms with Gasteiger partial charge in [0.1, 0.15) is 0 Å². The third kappa shape index (κ3) is 2.83. The zero-order valence-electron chi connectivity index (χ0n) is 12.6. The Morgan fingerprint density at radius 3 is 2.85 bits per heavy atom. The molecule has 2 aromatic rings. The van der Waals surface area contributed by atoms with Crippen molar-refractivity contribution in [1.82, 2.24) is 4.98 Å². The molecule has 3 rings (SSSR count). The average Bonchev–Trinajstić information content (AvgIpc) is 2.78. The van der Waals surface area contributed by atoms with Crippen molar-refractivity contribution in [1.29, 1.82) is 0 Å². The number of nitrogens with zero attached hydrogens (tertiary/aromatic N) is 1. The van der Waals surface area contributed by atoms with Crippen LogP contribution in [-0.2, 0) is 0 Å². The second-order valence-electron chi connectivity index (χ2n) is 6.36. The van der Waals surface area contributed by atoms with Gasteiger partial charge >= 0.3 is 0 Å². The van der Waals surface area contributed by atoms with Gasteiger partial charge < -0.3 is 5.32 Å². The van der Waals surface area contributed by atoms with Gasteiger partial charge in [0.25, 0.3) is 0 Å². The molecule has 2 unspecified atom stereocenters. The number of anilines is 1. The van der Waals surface area contributed by atoms with E-state index in [-0.39, 0.29) is 0 Å². The summed E-state index contributed by atoms with van der Waals surface area (Å²) in [7, 11) is 0. The SMILES string of the molecule is Cc1nc2ccc(NC3CCCCC3C(C)C)cc2s1. The molecule has 1 aliphatic rings. The summed E-state index contributed by atoms with van der Waals surface area (Å²) in [6, 6.07) is 7.24. The highest BCUT2D eigenvalue weighted by atomic mass is 32.1. The molecule has 1 aromatic carbocycles. The third-order valence-corrected chi connectivity index (χ3v) is 5.46. The zero-order valence-corrected chi connectivity index (χ0v) is 13.5. The van der Waals surface area contributed by atoms with Crippen molar-refractivity contribution < 1.29 is 0 Å². The van der Waals surface area contributed by atoms with E-state index in [1.165, 1.54) is 36.1 Å². The number of thiazole rings is 1. The Bertz CT molecular complexity index is 588. The molecule has 0 bridgehead atoms. The van der Waals surface area contributed by atoms with Gasteiger partial charge in [0.05, 0.1) is 15.2 Å². The highest BCUT2D eigenvalue weighted by Crippen LogP contribution is 2.33. The molecule has 0 spiro atoms. The fourth-order valence-corrected chi connectivity index (χ4v) is 4.35. The minimum Gasteiger partial charge on any atom is -0.382 e. The van der Waals surface area contributed by atoms with Crippen molar-refractivity contribution in [2.45, 2.75) is 52.5 Å². The van der Waals surface area contributed by atoms with Crippen molar-refractivity contribution in [2.75, 3.05) is 5.32 Å². The molecular formula is C17H24N2S. The van der Waals surface area contributed by atoms with Crippen molar-refractivity contribution >= 4 is 27.2 Å². The predicted molar refractivity (Wildman–Crippen MR) is 88.6 cm³/mol. The number of aryl methyl sites for hydroxylation is 1. The average molecular weight is 288 g/mol. The quantitative estimate of drug-likeness (QED) is 0.836. The van der Waals surface area contributed by atoms with Crippen LogP contribution in [0.25, 0.3) is 10.2 Å². The van der Waals surface area contributed by atoms with Gasteiger partial charge in [0.15, 0.2) is 0 Å². The summed E-state index contributed by atoms with van der Waals surface area (Å²) in [5, 5.41) is 4.94. The van der Waals surface area contributed by atoms with E-state index in [4.69, 9.17) is 0 Å². The van der Waals surface area contributed by atoms with Gasteiger partial charge in [-0.2, -0.15) is 0 Å². The number of aromatic nitrogens is 1. The second-order valence-corrected chi connectivity index (χ2v) is 7.59. The van der Waals surface area contributed by atoms with E-state index < -0.39 is 0 Å². The van der Waals surface area contributed by atoms with Gasteiger partial charge in [-0.15, -0.1) is 11.3 Å². The van der Waals surface area contributed by atoms with Crippen molar-refractivity contribution in [3.63, 3.8) is 0 Å². The Hall–Kier alpha value is -1.09. The Labute approximate surface area is 125 Å². The third-order valence-electron chi connectivity index (χ3n) is 4.52. The summed E-state index contributed by atoms with van der Waals surface area (Å²) in [6.45, 7) is 6.80. The van der Waals surface area contributed by atoms with Crippen LogP contribution < -0.4 is 5.32 Å². The molecule has 20 heavy (non-hydrogen) atoms. The maximum atomic E-state index is 4.53. The Balaban J connectivity index is 1.80. The van der Waals surface area contributed by atoms with E-state index in [9.17, 15) is 0 Å². The van der Waals surface area contributed by atoms with E-state index in [1.807, 2.05) is 0 Å². The summed E-state index contributed by atoms with van der Waals surface area (Å²) in [6.07, 6.45) is 5.44. The van der Waals surface area contributed by atoms with E-state index in [1.54, 1.807) is 11.3 Å². The molecule has 2 atom stereocenters. The normalized spacial score (nSPS) is 23.4. The Morgan fingerprint density at radius 1 is 1.25 bits per heavy atom. The second kappa shape index (κ2) is 5.72. The summed E-state index contributed by atoms with van der Waals surface area (Å²) in [5.41, 5.74) is 2.39. The maximum Gasteiger partial charge on any atom is 0.0907 e. The summed E-state index contributed by atoms with van der Waals surface area (Å²) >= 11 is 1.78. The number of rotatable bonds is 3. The molecule has 0 saturated heterocycles. The van der Waals surface area contributed by atoms with Crippen LogP contribution in [0.4, 0.5) is 5.69 Å². The van der Waals surface area contributed by atoms with Gasteiger partial charge in [-0.3, -0.25) is 0 Å². The lowest BCUT2D eigenvalue weighted by molar-refractivity contribution is 0.254. The molecule has 0 amide bonds. The molecule has 0 aliphatic heterocycles. The minimum absolute atomic E-state index is 0.634. The highest BCUT2D eigenvalue weighted by Gasteiger charge is 2.27. The summed E-state index contributed by atoms with van der Waals surface area (Å²) in [4.78, 5) is 4.53. The summed E-state index contributed by atoms with van der Waals surface area (Å²) < 4.78 is 1.30.